The standard InChI is InChI=1S/C17H27ClN6O5/c1-17(27,12-23-10-14(24(28)29)19-15(23)18)11-20-6-8-21(9-7-20)13-2-4-22(5-3-13)16(25)26/h10,13,27H,2-9,11-12H2,1H3,(H,25,26). The number of rotatable bonds is 6. The van der Waals surface area contributed by atoms with Crippen LogP contribution in [-0.4, -0.2) is 103 Å². The summed E-state index contributed by atoms with van der Waals surface area (Å²) in [7, 11) is 0. The van der Waals surface area contributed by atoms with Crippen LogP contribution in [-0.2, 0) is 6.54 Å². The second kappa shape index (κ2) is 8.82. The quantitative estimate of drug-likeness (QED) is 0.504. The van der Waals surface area contributed by atoms with Crippen molar-refractivity contribution in [1.29, 1.82) is 0 Å². The fourth-order valence-corrected chi connectivity index (χ4v) is 4.38. The monoisotopic (exact) mass is 430 g/mol. The van der Waals surface area contributed by atoms with Crippen LogP contribution < -0.4 is 0 Å². The number of halogens is 1. The summed E-state index contributed by atoms with van der Waals surface area (Å²) in [5, 5.41) is 30.7. The number of piperidine rings is 1. The van der Waals surface area contributed by atoms with Gasteiger partial charge in [0.1, 0.15) is 6.20 Å². The lowest BCUT2D eigenvalue weighted by Gasteiger charge is -2.43. The Balaban J connectivity index is 1.47. The van der Waals surface area contributed by atoms with Crippen molar-refractivity contribution in [2.45, 2.75) is 38.0 Å². The molecule has 2 aliphatic heterocycles. The zero-order chi connectivity index (χ0) is 21.2. The Kier molecular flexibility index (Phi) is 6.62. The van der Waals surface area contributed by atoms with E-state index in [-0.39, 0.29) is 17.6 Å². The molecule has 0 saturated carbocycles. The van der Waals surface area contributed by atoms with E-state index >= 15 is 0 Å². The Labute approximate surface area is 173 Å². The van der Waals surface area contributed by atoms with Crippen LogP contribution in [0.4, 0.5) is 10.6 Å². The minimum atomic E-state index is -1.12. The minimum absolute atomic E-state index is 0.0190. The van der Waals surface area contributed by atoms with Crippen LogP contribution in [0.15, 0.2) is 6.20 Å². The van der Waals surface area contributed by atoms with E-state index < -0.39 is 16.6 Å². The van der Waals surface area contributed by atoms with Crippen molar-refractivity contribution >= 4 is 23.5 Å². The summed E-state index contributed by atoms with van der Waals surface area (Å²) in [6.45, 7) is 6.69. The molecule has 2 fully saturated rings. The molecule has 1 unspecified atom stereocenters. The number of hydrogen-bond acceptors (Lipinski definition) is 7. The highest BCUT2D eigenvalue weighted by atomic mass is 35.5. The highest BCUT2D eigenvalue weighted by Gasteiger charge is 2.32. The molecule has 0 bridgehead atoms. The normalized spacial score (nSPS) is 21.8. The average molecular weight is 431 g/mol. The molecule has 2 saturated heterocycles. The van der Waals surface area contributed by atoms with E-state index in [1.807, 2.05) is 0 Å². The van der Waals surface area contributed by atoms with E-state index in [1.165, 1.54) is 15.7 Å². The van der Waals surface area contributed by atoms with Gasteiger partial charge < -0.3 is 25.2 Å². The van der Waals surface area contributed by atoms with Crippen LogP contribution in [0.3, 0.4) is 0 Å². The molecule has 1 aromatic rings. The van der Waals surface area contributed by atoms with Gasteiger partial charge >= 0.3 is 17.2 Å². The maximum atomic E-state index is 11.0. The molecule has 1 amide bonds. The number of hydrogen-bond donors (Lipinski definition) is 2. The van der Waals surface area contributed by atoms with Crippen molar-refractivity contribution in [3.63, 3.8) is 0 Å². The van der Waals surface area contributed by atoms with Crippen LogP contribution in [0.2, 0.25) is 5.28 Å². The number of carbonyl (C=O) groups is 1. The van der Waals surface area contributed by atoms with Crippen molar-refractivity contribution < 1.29 is 19.9 Å². The van der Waals surface area contributed by atoms with Gasteiger partial charge in [-0.05, 0) is 41.3 Å². The summed E-state index contributed by atoms with van der Waals surface area (Å²) < 4.78 is 1.40. The number of carboxylic acid groups (broad SMARTS) is 1. The molecule has 11 nitrogen and oxygen atoms in total. The molecule has 1 atom stereocenters. The molecule has 29 heavy (non-hydrogen) atoms. The van der Waals surface area contributed by atoms with Crippen LogP contribution in [0, 0.1) is 10.1 Å². The highest BCUT2D eigenvalue weighted by Crippen LogP contribution is 2.22. The van der Waals surface area contributed by atoms with Gasteiger partial charge in [-0.15, -0.1) is 0 Å². The number of amides is 1. The first-order chi connectivity index (χ1) is 13.6. The van der Waals surface area contributed by atoms with Crippen LogP contribution in [0.25, 0.3) is 0 Å². The van der Waals surface area contributed by atoms with Crippen LogP contribution in [0.5, 0.6) is 0 Å². The Hall–Kier alpha value is -1.95. The Morgan fingerprint density at radius 3 is 2.41 bits per heavy atom. The van der Waals surface area contributed by atoms with E-state index in [1.54, 1.807) is 6.92 Å². The molecule has 0 aliphatic carbocycles. The minimum Gasteiger partial charge on any atom is -0.465 e. The van der Waals surface area contributed by atoms with Gasteiger partial charge in [0.25, 0.3) is 0 Å². The zero-order valence-electron chi connectivity index (χ0n) is 16.4. The average Bonchev–Trinajstić information content (AvgIpc) is 3.02. The van der Waals surface area contributed by atoms with Crippen molar-refractivity contribution in [2.24, 2.45) is 0 Å². The van der Waals surface area contributed by atoms with Crippen LogP contribution in [0.1, 0.15) is 19.8 Å². The topological polar surface area (TPSA) is 128 Å². The second-order valence-corrected chi connectivity index (χ2v) is 8.40. The van der Waals surface area contributed by atoms with E-state index in [0.717, 1.165) is 39.0 Å². The molecule has 0 spiro atoms. The molecule has 162 valence electrons. The number of β-amino-alcohol motifs (C(OH)–C–C–N with tert-alkyl or cyclic N) is 1. The number of likely N-dealkylation sites (tertiary alicyclic amines) is 1. The summed E-state index contributed by atoms with van der Waals surface area (Å²) in [6.07, 6.45) is 2.08. The predicted octanol–water partition coefficient (Wildman–Crippen LogP) is 0.956. The van der Waals surface area contributed by atoms with Gasteiger partial charge in [0.15, 0.2) is 0 Å². The lowest BCUT2D eigenvalue weighted by molar-refractivity contribution is -0.389. The third-order valence-corrected chi connectivity index (χ3v) is 5.94. The predicted molar refractivity (Wildman–Crippen MR) is 105 cm³/mol. The Bertz CT molecular complexity index is 741. The number of imidazole rings is 1. The summed E-state index contributed by atoms with van der Waals surface area (Å²) in [5.74, 6) is -0.339. The smallest absolute Gasteiger partial charge is 0.407 e. The van der Waals surface area contributed by atoms with Crippen molar-refractivity contribution in [1.82, 2.24) is 24.3 Å². The molecule has 3 rings (SSSR count). The number of aromatic nitrogens is 2. The van der Waals surface area contributed by atoms with E-state index in [0.29, 0.717) is 25.7 Å². The summed E-state index contributed by atoms with van der Waals surface area (Å²) in [4.78, 5) is 31.0. The summed E-state index contributed by atoms with van der Waals surface area (Å²) >= 11 is 5.95. The molecule has 0 radical (unpaired) electrons. The van der Waals surface area contributed by atoms with Gasteiger partial charge in [0.05, 0.1) is 12.1 Å². The molecule has 3 heterocycles. The largest absolute Gasteiger partial charge is 0.465 e. The Morgan fingerprint density at radius 1 is 1.28 bits per heavy atom. The number of aliphatic hydroxyl groups is 1. The first-order valence-electron chi connectivity index (χ1n) is 9.68. The fraction of sp³-hybridized carbons (Fsp3) is 0.765. The van der Waals surface area contributed by atoms with E-state index in [9.17, 15) is 20.0 Å². The van der Waals surface area contributed by atoms with Crippen molar-refractivity contribution in [3.8, 4) is 0 Å². The first-order valence-corrected chi connectivity index (χ1v) is 10.1. The molecular weight excluding hydrogens is 404 g/mol. The van der Waals surface area contributed by atoms with Gasteiger partial charge in [-0.3, -0.25) is 14.4 Å². The number of nitrogens with zero attached hydrogens (tertiary/aromatic N) is 6. The van der Waals surface area contributed by atoms with Gasteiger partial charge in [-0.1, -0.05) is 0 Å². The van der Waals surface area contributed by atoms with E-state index in [4.69, 9.17) is 16.7 Å². The van der Waals surface area contributed by atoms with Gasteiger partial charge in [0, 0.05) is 51.9 Å². The van der Waals surface area contributed by atoms with Crippen molar-refractivity contribution in [2.75, 3.05) is 45.8 Å². The number of piperazine rings is 1. The van der Waals surface area contributed by atoms with Crippen LogP contribution >= 0.6 is 11.6 Å². The van der Waals surface area contributed by atoms with Gasteiger partial charge in [0.2, 0.25) is 0 Å². The fourth-order valence-electron chi connectivity index (χ4n) is 4.19. The number of nitro groups is 1. The summed E-state index contributed by atoms with van der Waals surface area (Å²) in [5.41, 5.74) is -1.12. The zero-order valence-corrected chi connectivity index (χ0v) is 17.2. The molecule has 2 aliphatic rings. The highest BCUT2D eigenvalue weighted by molar-refractivity contribution is 6.28. The Morgan fingerprint density at radius 2 is 1.90 bits per heavy atom. The lowest BCUT2D eigenvalue weighted by Crippen LogP contribution is -2.56. The van der Waals surface area contributed by atoms with Crippen molar-refractivity contribution in [3.05, 3.63) is 21.6 Å². The molecular formula is C17H27ClN6O5. The molecule has 1 aromatic heterocycles. The molecule has 0 aromatic carbocycles. The van der Waals surface area contributed by atoms with Gasteiger partial charge in [-0.2, -0.15) is 0 Å². The summed E-state index contributed by atoms with van der Waals surface area (Å²) in [6, 6.07) is 0.401. The molecule has 2 N–H and O–H groups in total. The second-order valence-electron chi connectivity index (χ2n) is 8.06. The third kappa shape index (κ3) is 5.56. The molecule has 12 heteroatoms. The van der Waals surface area contributed by atoms with Gasteiger partial charge in [-0.25, -0.2) is 4.79 Å². The maximum absolute atomic E-state index is 11.0. The lowest BCUT2D eigenvalue weighted by atomic mass is 10.0. The first kappa shape index (κ1) is 21.8. The SMILES string of the molecule is CC(O)(CN1CCN(C2CCN(C(=O)O)CC2)CC1)Cn1cc([N+](=O)[O-])nc1Cl. The third-order valence-electron chi connectivity index (χ3n) is 5.64. The van der Waals surface area contributed by atoms with E-state index in [2.05, 4.69) is 14.8 Å². The maximum Gasteiger partial charge on any atom is 0.407 e.